The maximum atomic E-state index is 2.38. The summed E-state index contributed by atoms with van der Waals surface area (Å²) < 4.78 is 0. The van der Waals surface area contributed by atoms with E-state index in [1.165, 1.54) is 54.3 Å². The molecular weight excluding hydrogens is 451 g/mol. The van der Waals surface area contributed by atoms with Gasteiger partial charge in [0.05, 0.1) is 0 Å². The number of hydrogen-bond donors (Lipinski definition) is 0. The molecule has 0 nitrogen and oxygen atoms in total. The van der Waals surface area contributed by atoms with Crippen LogP contribution in [0.2, 0.25) is 0 Å². The van der Waals surface area contributed by atoms with Crippen molar-refractivity contribution in [2.75, 3.05) is 0 Å². The molecule has 0 atom stereocenters. The van der Waals surface area contributed by atoms with E-state index in [0.29, 0.717) is 0 Å². The van der Waals surface area contributed by atoms with Gasteiger partial charge in [0.25, 0.3) is 0 Å². The molecule has 180 valence electrons. The van der Waals surface area contributed by atoms with Crippen LogP contribution in [0.3, 0.4) is 0 Å². The Hall–Kier alpha value is -3.47. The number of benzene rings is 5. The second-order valence-electron chi connectivity index (χ2n) is 10.3. The predicted molar refractivity (Wildman–Crippen MR) is 161 cm³/mol. The van der Waals surface area contributed by atoms with Crippen molar-refractivity contribution in [3.63, 3.8) is 0 Å². The number of rotatable bonds is 5. The summed E-state index contributed by atoms with van der Waals surface area (Å²) in [4.78, 5) is 0. The standard InChI is InChI=1S/C35H35P/c1-26-6-16-31(17-7-26)36(32-18-8-27(2)9-19-32,33-20-10-28(3)11-21-33,34-22-12-29(4)13-23-34)35-24-14-30(5)15-25-35/h6-25H,1-5H3. The number of aryl methyl sites for hydroxylation is 5. The summed E-state index contributed by atoms with van der Waals surface area (Å²) in [5.41, 5.74) is 6.37. The first kappa shape index (κ1) is 24.2. The SMILES string of the molecule is Cc1ccc(P(c2ccc(C)cc2)(c2ccc(C)cc2)(c2ccc(C)cc2)c2ccc(C)cc2)cc1. The van der Waals surface area contributed by atoms with Gasteiger partial charge in [-0.1, -0.05) is 0 Å². The molecule has 0 saturated carbocycles. The fourth-order valence-electron chi connectivity index (χ4n) is 5.71. The molecule has 5 aromatic rings. The average Bonchev–Trinajstić information content (AvgIpc) is 2.89. The summed E-state index contributed by atoms with van der Waals surface area (Å²) in [5, 5.41) is 6.84. The van der Waals surface area contributed by atoms with Crippen molar-refractivity contribution < 1.29 is 0 Å². The van der Waals surface area contributed by atoms with E-state index >= 15 is 0 Å². The quantitative estimate of drug-likeness (QED) is 0.242. The Morgan fingerprint density at radius 1 is 0.250 bits per heavy atom. The molecule has 0 heterocycles. The second-order valence-corrected chi connectivity index (χ2v) is 15.1. The zero-order valence-electron chi connectivity index (χ0n) is 22.0. The molecule has 0 spiro atoms. The van der Waals surface area contributed by atoms with E-state index in [1.54, 1.807) is 0 Å². The van der Waals surface area contributed by atoms with Crippen molar-refractivity contribution in [1.82, 2.24) is 0 Å². The molecule has 0 saturated heterocycles. The van der Waals surface area contributed by atoms with Crippen LogP contribution in [-0.2, 0) is 0 Å². The first-order valence-electron chi connectivity index (χ1n) is 12.7. The van der Waals surface area contributed by atoms with E-state index in [-0.39, 0.29) is 0 Å². The van der Waals surface area contributed by atoms with Crippen molar-refractivity contribution in [2.45, 2.75) is 34.6 Å². The zero-order chi connectivity index (χ0) is 25.4. The van der Waals surface area contributed by atoms with Crippen LogP contribution in [0.4, 0.5) is 0 Å². The van der Waals surface area contributed by atoms with Gasteiger partial charge < -0.3 is 0 Å². The Kier molecular flexibility index (Phi) is 6.19. The maximum absolute atomic E-state index is 3.38. The molecule has 0 aliphatic rings. The second kappa shape index (κ2) is 9.20. The fourth-order valence-corrected chi connectivity index (χ4v) is 12.4. The van der Waals surface area contributed by atoms with Gasteiger partial charge in [0.1, 0.15) is 0 Å². The van der Waals surface area contributed by atoms with Crippen molar-refractivity contribution in [2.24, 2.45) is 0 Å². The van der Waals surface area contributed by atoms with Crippen LogP contribution in [0.5, 0.6) is 0 Å². The fraction of sp³-hybridized carbons (Fsp3) is 0.143. The molecule has 0 unspecified atom stereocenters. The first-order chi connectivity index (χ1) is 17.3. The molecule has 0 fully saturated rings. The van der Waals surface area contributed by atoms with Crippen molar-refractivity contribution in [3.8, 4) is 0 Å². The van der Waals surface area contributed by atoms with Gasteiger partial charge in [-0.2, -0.15) is 0 Å². The van der Waals surface area contributed by atoms with Crippen LogP contribution in [-0.4, -0.2) is 0 Å². The molecule has 1 heteroatoms. The molecular formula is C35H35P. The van der Waals surface area contributed by atoms with Crippen LogP contribution in [0.25, 0.3) is 0 Å². The summed E-state index contributed by atoms with van der Waals surface area (Å²) in [6.07, 6.45) is 0. The van der Waals surface area contributed by atoms with Gasteiger partial charge in [0, 0.05) is 0 Å². The molecule has 36 heavy (non-hydrogen) atoms. The van der Waals surface area contributed by atoms with E-state index in [1.807, 2.05) is 0 Å². The normalized spacial score (nSPS) is 12.6. The Morgan fingerprint density at radius 2 is 0.389 bits per heavy atom. The Bertz CT molecular complexity index is 1190. The van der Waals surface area contributed by atoms with E-state index in [2.05, 4.69) is 156 Å². The Balaban J connectivity index is 2.12. The minimum atomic E-state index is -3.38. The van der Waals surface area contributed by atoms with Crippen LogP contribution >= 0.6 is 6.60 Å². The van der Waals surface area contributed by atoms with E-state index in [9.17, 15) is 0 Å². The Morgan fingerprint density at radius 3 is 0.528 bits per heavy atom. The van der Waals surface area contributed by atoms with Crippen LogP contribution in [0.15, 0.2) is 121 Å². The van der Waals surface area contributed by atoms with E-state index < -0.39 is 6.60 Å². The van der Waals surface area contributed by atoms with E-state index in [4.69, 9.17) is 0 Å². The third kappa shape index (κ3) is 3.56. The van der Waals surface area contributed by atoms with Crippen LogP contribution in [0.1, 0.15) is 27.8 Å². The van der Waals surface area contributed by atoms with Crippen molar-refractivity contribution in [3.05, 3.63) is 149 Å². The van der Waals surface area contributed by atoms with E-state index in [0.717, 1.165) is 0 Å². The predicted octanol–water partition coefficient (Wildman–Crippen LogP) is 6.71. The minimum absolute atomic E-state index is 1.27. The molecule has 0 aromatic heterocycles. The molecule has 5 aromatic carbocycles. The van der Waals surface area contributed by atoms with Gasteiger partial charge in [-0.15, -0.1) is 0 Å². The third-order valence-electron chi connectivity index (χ3n) is 7.75. The summed E-state index contributed by atoms with van der Waals surface area (Å²) in [6, 6.07) is 46.6. The number of hydrogen-bond acceptors (Lipinski definition) is 0. The summed E-state index contributed by atoms with van der Waals surface area (Å²) in [6.45, 7) is 7.49. The molecule has 0 bridgehead atoms. The van der Waals surface area contributed by atoms with Gasteiger partial charge in [-0.25, -0.2) is 0 Å². The summed E-state index contributed by atoms with van der Waals surface area (Å²) in [7, 11) is 0. The topological polar surface area (TPSA) is 0 Å². The van der Waals surface area contributed by atoms with Gasteiger partial charge >= 0.3 is 217 Å². The average molecular weight is 487 g/mol. The monoisotopic (exact) mass is 486 g/mol. The van der Waals surface area contributed by atoms with Crippen LogP contribution < -0.4 is 26.5 Å². The van der Waals surface area contributed by atoms with Gasteiger partial charge in [-0.05, 0) is 0 Å². The van der Waals surface area contributed by atoms with Gasteiger partial charge in [-0.3, -0.25) is 0 Å². The Labute approximate surface area is 216 Å². The molecule has 0 aliphatic heterocycles. The third-order valence-corrected chi connectivity index (χ3v) is 14.4. The first-order valence-corrected chi connectivity index (χ1v) is 15.0. The summed E-state index contributed by atoms with van der Waals surface area (Å²) in [5.74, 6) is 0. The van der Waals surface area contributed by atoms with Gasteiger partial charge in [0.2, 0.25) is 0 Å². The van der Waals surface area contributed by atoms with Crippen molar-refractivity contribution >= 4 is 33.1 Å². The molecule has 0 aliphatic carbocycles. The molecule has 0 N–H and O–H groups in total. The van der Waals surface area contributed by atoms with Crippen LogP contribution in [0, 0.1) is 34.6 Å². The van der Waals surface area contributed by atoms with Crippen molar-refractivity contribution in [1.29, 1.82) is 0 Å². The van der Waals surface area contributed by atoms with Gasteiger partial charge in [0.15, 0.2) is 0 Å². The zero-order valence-corrected chi connectivity index (χ0v) is 22.9. The molecule has 0 amide bonds. The molecule has 5 rings (SSSR count). The summed E-state index contributed by atoms with van der Waals surface area (Å²) >= 11 is 0. The molecule has 0 radical (unpaired) electrons.